The smallest absolute Gasteiger partial charge is 0.308 e. The molecule has 1 atom stereocenters. The molecule has 5 heteroatoms. The number of nitrogens with zero attached hydrogens (tertiary/aromatic N) is 1. The van der Waals surface area contributed by atoms with Crippen molar-refractivity contribution >= 4 is 11.9 Å². The molecular formula is C8H14N2O3. The van der Waals surface area contributed by atoms with Crippen molar-refractivity contribution in [3.05, 3.63) is 0 Å². The molecule has 0 aromatic heterocycles. The van der Waals surface area contributed by atoms with Crippen LogP contribution in [0.25, 0.3) is 0 Å². The summed E-state index contributed by atoms with van der Waals surface area (Å²) >= 11 is 0. The second-order valence-corrected chi connectivity index (χ2v) is 3.23. The second-order valence-electron chi connectivity index (χ2n) is 3.23. The first-order chi connectivity index (χ1) is 6.09. The van der Waals surface area contributed by atoms with E-state index < -0.39 is 0 Å². The number of hydrogen-bond acceptors (Lipinski definition) is 4. The monoisotopic (exact) mass is 186 g/mol. The molecule has 0 aromatic carbocycles. The molecule has 0 radical (unpaired) electrons. The Morgan fingerprint density at radius 3 is 2.92 bits per heavy atom. The van der Waals surface area contributed by atoms with Crippen LogP contribution < -0.4 is 5.73 Å². The van der Waals surface area contributed by atoms with Gasteiger partial charge in [-0.3, -0.25) is 9.59 Å². The predicted molar refractivity (Wildman–Crippen MR) is 45.8 cm³/mol. The number of nitrogens with two attached hydrogens (primary N) is 1. The third-order valence-corrected chi connectivity index (χ3v) is 1.80. The maximum absolute atomic E-state index is 11.3. The van der Waals surface area contributed by atoms with Crippen molar-refractivity contribution in [2.45, 2.75) is 19.4 Å². The Kier molecular flexibility index (Phi) is 3.25. The van der Waals surface area contributed by atoms with Gasteiger partial charge < -0.3 is 15.4 Å². The zero-order valence-electron chi connectivity index (χ0n) is 7.66. The van der Waals surface area contributed by atoms with Gasteiger partial charge in [0.05, 0.1) is 6.42 Å². The summed E-state index contributed by atoms with van der Waals surface area (Å²) in [5, 5.41) is 0. The highest BCUT2D eigenvalue weighted by Crippen LogP contribution is 2.02. The molecule has 1 aliphatic heterocycles. The fraction of sp³-hybridized carbons (Fsp3) is 0.750. The second kappa shape index (κ2) is 4.23. The lowest BCUT2D eigenvalue weighted by Gasteiger charge is -2.20. The van der Waals surface area contributed by atoms with Crippen LogP contribution in [0.5, 0.6) is 0 Å². The quantitative estimate of drug-likeness (QED) is 0.568. The van der Waals surface area contributed by atoms with E-state index in [1.165, 1.54) is 0 Å². The number of ether oxygens (including phenoxy) is 1. The molecule has 2 N–H and O–H groups in total. The highest BCUT2D eigenvalue weighted by Gasteiger charge is 2.21. The van der Waals surface area contributed by atoms with Gasteiger partial charge in [0.1, 0.15) is 0 Å². The van der Waals surface area contributed by atoms with E-state index >= 15 is 0 Å². The molecule has 1 unspecified atom stereocenters. The van der Waals surface area contributed by atoms with Gasteiger partial charge in [0.2, 0.25) is 0 Å². The molecule has 74 valence electrons. The molecule has 0 bridgehead atoms. The Balaban J connectivity index is 2.52. The predicted octanol–water partition coefficient (Wildman–Crippen LogP) is -0.891. The molecule has 0 saturated carbocycles. The number of rotatable bonds is 2. The van der Waals surface area contributed by atoms with E-state index in [4.69, 9.17) is 5.73 Å². The van der Waals surface area contributed by atoms with Gasteiger partial charge >= 0.3 is 5.97 Å². The number of carbonyl (C=O) groups excluding carboxylic acids is 2. The SMILES string of the molecule is CC(N)CN1CCC(=O)OCC1=O. The Bertz CT molecular complexity index is 215. The summed E-state index contributed by atoms with van der Waals surface area (Å²) in [6.45, 7) is 2.57. The minimum absolute atomic E-state index is 0.0721. The summed E-state index contributed by atoms with van der Waals surface area (Å²) in [7, 11) is 0. The topological polar surface area (TPSA) is 72.6 Å². The fourth-order valence-corrected chi connectivity index (χ4v) is 1.20. The van der Waals surface area contributed by atoms with Crippen molar-refractivity contribution in [2.24, 2.45) is 5.73 Å². The van der Waals surface area contributed by atoms with Crippen molar-refractivity contribution in [1.29, 1.82) is 0 Å². The third-order valence-electron chi connectivity index (χ3n) is 1.80. The van der Waals surface area contributed by atoms with Crippen molar-refractivity contribution < 1.29 is 14.3 Å². The van der Waals surface area contributed by atoms with E-state index in [-0.39, 0.29) is 30.9 Å². The standard InChI is InChI=1S/C8H14N2O3/c1-6(9)4-10-3-2-8(12)13-5-7(10)11/h6H,2-5,9H2,1H3. The van der Waals surface area contributed by atoms with E-state index in [0.717, 1.165) is 0 Å². The van der Waals surface area contributed by atoms with Gasteiger partial charge in [-0.2, -0.15) is 0 Å². The zero-order chi connectivity index (χ0) is 9.84. The molecule has 1 fully saturated rings. The number of carbonyl (C=O) groups is 2. The van der Waals surface area contributed by atoms with E-state index in [1.54, 1.807) is 4.90 Å². The van der Waals surface area contributed by atoms with Crippen LogP contribution >= 0.6 is 0 Å². The highest BCUT2D eigenvalue weighted by molar-refractivity contribution is 5.83. The van der Waals surface area contributed by atoms with Crippen LogP contribution in [0.3, 0.4) is 0 Å². The molecule has 0 spiro atoms. The van der Waals surface area contributed by atoms with Crippen LogP contribution in [0.15, 0.2) is 0 Å². The van der Waals surface area contributed by atoms with Crippen molar-refractivity contribution in [3.63, 3.8) is 0 Å². The molecule has 1 amide bonds. The Morgan fingerprint density at radius 1 is 1.62 bits per heavy atom. The van der Waals surface area contributed by atoms with Crippen LogP contribution in [0.2, 0.25) is 0 Å². The fourth-order valence-electron chi connectivity index (χ4n) is 1.20. The van der Waals surface area contributed by atoms with Crippen molar-refractivity contribution in [3.8, 4) is 0 Å². The number of esters is 1. The Morgan fingerprint density at radius 2 is 2.31 bits per heavy atom. The van der Waals surface area contributed by atoms with Crippen molar-refractivity contribution in [1.82, 2.24) is 4.90 Å². The molecule has 1 saturated heterocycles. The van der Waals surface area contributed by atoms with Crippen LogP contribution in [0.4, 0.5) is 0 Å². The van der Waals surface area contributed by atoms with Gasteiger partial charge in [0.25, 0.3) is 5.91 Å². The molecule has 13 heavy (non-hydrogen) atoms. The lowest BCUT2D eigenvalue weighted by molar-refractivity contribution is -0.147. The van der Waals surface area contributed by atoms with Gasteiger partial charge in [-0.15, -0.1) is 0 Å². The summed E-state index contributed by atoms with van der Waals surface area (Å²) in [5.41, 5.74) is 5.55. The summed E-state index contributed by atoms with van der Waals surface area (Å²) in [4.78, 5) is 23.7. The summed E-state index contributed by atoms with van der Waals surface area (Å²) in [6.07, 6.45) is 0.262. The molecule has 1 aliphatic rings. The van der Waals surface area contributed by atoms with Gasteiger partial charge in [-0.25, -0.2) is 0 Å². The minimum atomic E-state index is -0.319. The van der Waals surface area contributed by atoms with Crippen molar-refractivity contribution in [2.75, 3.05) is 19.7 Å². The van der Waals surface area contributed by atoms with E-state index in [1.807, 2.05) is 6.92 Å². The van der Waals surface area contributed by atoms with Crippen LogP contribution in [-0.4, -0.2) is 42.5 Å². The van der Waals surface area contributed by atoms with Crippen LogP contribution in [-0.2, 0) is 14.3 Å². The molecule has 0 aromatic rings. The summed E-state index contributed by atoms with van der Waals surface area (Å²) < 4.78 is 4.66. The first-order valence-corrected chi connectivity index (χ1v) is 4.28. The summed E-state index contributed by atoms with van der Waals surface area (Å²) in [6, 6.07) is -0.0721. The lowest BCUT2D eigenvalue weighted by atomic mass is 10.3. The summed E-state index contributed by atoms with van der Waals surface area (Å²) in [5.74, 6) is -0.483. The molecule has 0 aliphatic carbocycles. The zero-order valence-corrected chi connectivity index (χ0v) is 7.66. The molecular weight excluding hydrogens is 172 g/mol. The lowest BCUT2D eigenvalue weighted by Crippen LogP contribution is -2.40. The maximum Gasteiger partial charge on any atom is 0.308 e. The van der Waals surface area contributed by atoms with Gasteiger partial charge in [0, 0.05) is 19.1 Å². The van der Waals surface area contributed by atoms with Gasteiger partial charge in [0.15, 0.2) is 6.61 Å². The molecule has 1 rings (SSSR count). The van der Waals surface area contributed by atoms with Crippen LogP contribution in [0, 0.1) is 0 Å². The van der Waals surface area contributed by atoms with Gasteiger partial charge in [-0.1, -0.05) is 0 Å². The Hall–Kier alpha value is -1.10. The largest absolute Gasteiger partial charge is 0.456 e. The van der Waals surface area contributed by atoms with E-state index in [9.17, 15) is 9.59 Å². The molecule has 1 heterocycles. The van der Waals surface area contributed by atoms with E-state index in [2.05, 4.69) is 4.74 Å². The Labute approximate surface area is 76.8 Å². The third kappa shape index (κ3) is 3.02. The average molecular weight is 186 g/mol. The number of cyclic esters (lactones) is 1. The number of hydrogen-bond donors (Lipinski definition) is 1. The maximum atomic E-state index is 11.3. The highest BCUT2D eigenvalue weighted by atomic mass is 16.5. The average Bonchev–Trinajstić information content (AvgIpc) is 2.19. The van der Waals surface area contributed by atoms with Gasteiger partial charge in [-0.05, 0) is 6.92 Å². The molecule has 5 nitrogen and oxygen atoms in total. The first kappa shape index (κ1) is 9.98. The normalized spacial score (nSPS) is 20.9. The minimum Gasteiger partial charge on any atom is -0.456 e. The number of amides is 1. The van der Waals surface area contributed by atoms with Crippen LogP contribution in [0.1, 0.15) is 13.3 Å². The first-order valence-electron chi connectivity index (χ1n) is 4.28. The van der Waals surface area contributed by atoms with E-state index in [0.29, 0.717) is 13.1 Å².